The lowest BCUT2D eigenvalue weighted by atomic mass is 9.71. The van der Waals surface area contributed by atoms with Gasteiger partial charge in [0.15, 0.2) is 11.6 Å². The van der Waals surface area contributed by atoms with Gasteiger partial charge in [-0.05, 0) is 45.5 Å². The van der Waals surface area contributed by atoms with Gasteiger partial charge in [0.25, 0.3) is 0 Å². The van der Waals surface area contributed by atoms with Gasteiger partial charge in [-0.1, -0.05) is 137 Å². The number of fused-ring (bicyclic) bond motifs is 5. The number of aromatic nitrogens is 3. The van der Waals surface area contributed by atoms with E-state index in [2.05, 4.69) is 118 Å². The number of hydrogen-bond acceptors (Lipinski definition) is 4. The Hall–Kier alpha value is -5.09. The zero-order valence-electron chi connectivity index (χ0n) is 24.8. The number of anilines is 3. The molecule has 0 amide bonds. The van der Waals surface area contributed by atoms with Gasteiger partial charge in [-0.2, -0.15) is 9.97 Å². The molecule has 0 saturated heterocycles. The van der Waals surface area contributed by atoms with Crippen molar-refractivity contribution >= 4 is 17.3 Å². The Kier molecular flexibility index (Phi) is 5.48. The van der Waals surface area contributed by atoms with Crippen molar-refractivity contribution in [3.05, 3.63) is 144 Å². The highest BCUT2D eigenvalue weighted by Crippen LogP contribution is 2.57. The molecule has 1 aliphatic carbocycles. The maximum absolute atomic E-state index is 5.17. The second-order valence-corrected chi connectivity index (χ2v) is 12.6. The Balaban J connectivity index is 1.44. The second-order valence-electron chi connectivity index (χ2n) is 12.6. The van der Waals surface area contributed by atoms with Crippen LogP contribution in [-0.2, 0) is 10.8 Å². The molecule has 43 heavy (non-hydrogen) atoms. The normalized spacial score (nSPS) is 15.3. The van der Waals surface area contributed by atoms with Crippen LogP contribution >= 0.6 is 0 Å². The molecule has 0 N–H and O–H groups in total. The van der Waals surface area contributed by atoms with Crippen LogP contribution in [0.15, 0.2) is 121 Å². The van der Waals surface area contributed by atoms with Crippen molar-refractivity contribution in [2.45, 2.75) is 38.5 Å². The van der Waals surface area contributed by atoms with Gasteiger partial charge in [0.1, 0.15) is 0 Å². The molecule has 0 radical (unpaired) electrons. The Morgan fingerprint density at radius 2 is 0.977 bits per heavy atom. The molecule has 8 rings (SSSR count). The molecule has 2 heterocycles. The first-order valence-corrected chi connectivity index (χ1v) is 14.9. The van der Waals surface area contributed by atoms with Crippen LogP contribution in [-0.4, -0.2) is 15.0 Å². The fraction of sp³-hybridized carbons (Fsp3) is 0.154. The molecule has 0 spiro atoms. The third-order valence-electron chi connectivity index (χ3n) is 9.32. The summed E-state index contributed by atoms with van der Waals surface area (Å²) in [4.78, 5) is 17.6. The molecule has 0 atom stereocenters. The van der Waals surface area contributed by atoms with Crippen LogP contribution < -0.4 is 4.90 Å². The van der Waals surface area contributed by atoms with Crippen molar-refractivity contribution in [2.24, 2.45) is 0 Å². The Morgan fingerprint density at radius 1 is 0.442 bits per heavy atom. The first-order valence-electron chi connectivity index (χ1n) is 14.9. The maximum atomic E-state index is 5.17. The highest BCUT2D eigenvalue weighted by Gasteiger charge is 2.42. The van der Waals surface area contributed by atoms with Gasteiger partial charge in [-0.3, -0.25) is 4.90 Å². The van der Waals surface area contributed by atoms with Crippen molar-refractivity contribution in [1.82, 2.24) is 15.0 Å². The molecule has 0 unspecified atom stereocenters. The van der Waals surface area contributed by atoms with E-state index in [0.717, 1.165) is 22.5 Å². The van der Waals surface area contributed by atoms with E-state index >= 15 is 0 Å². The van der Waals surface area contributed by atoms with Gasteiger partial charge >= 0.3 is 0 Å². The Morgan fingerprint density at radius 3 is 1.63 bits per heavy atom. The molecule has 5 aromatic carbocycles. The van der Waals surface area contributed by atoms with E-state index in [4.69, 9.17) is 15.0 Å². The molecule has 0 bridgehead atoms. The number of nitrogens with zero attached hydrogens (tertiary/aromatic N) is 4. The summed E-state index contributed by atoms with van der Waals surface area (Å²) >= 11 is 0. The maximum Gasteiger partial charge on any atom is 0.238 e. The molecule has 0 saturated carbocycles. The van der Waals surface area contributed by atoms with Crippen molar-refractivity contribution < 1.29 is 0 Å². The molecule has 1 aromatic heterocycles. The standard InChI is InChI=1S/C39H32N4/c1-38(2)29-20-12-11-19-27(29)28-23-34-32(24-31(28)38)39(3,4)30-21-13-14-22-33(30)43(34)37-41-35(25-15-7-5-8-16-25)40-36(42-37)26-17-9-6-10-18-26/h5-24H,1-4H3. The minimum Gasteiger partial charge on any atom is -0.278 e. The first kappa shape index (κ1) is 25.6. The molecule has 208 valence electrons. The van der Waals surface area contributed by atoms with Gasteiger partial charge in [0.05, 0.1) is 11.4 Å². The predicted octanol–water partition coefficient (Wildman–Crippen LogP) is 9.62. The van der Waals surface area contributed by atoms with E-state index in [-0.39, 0.29) is 10.8 Å². The number of para-hydroxylation sites is 1. The summed E-state index contributed by atoms with van der Waals surface area (Å²) in [7, 11) is 0. The third kappa shape index (κ3) is 3.79. The van der Waals surface area contributed by atoms with Gasteiger partial charge in [-0.15, -0.1) is 0 Å². The fourth-order valence-corrected chi connectivity index (χ4v) is 7.01. The Bertz CT molecular complexity index is 1970. The molecule has 0 fully saturated rings. The summed E-state index contributed by atoms with van der Waals surface area (Å²) in [6.07, 6.45) is 0. The van der Waals surface area contributed by atoms with E-state index < -0.39 is 0 Å². The van der Waals surface area contributed by atoms with E-state index in [0.29, 0.717) is 17.6 Å². The molecule has 4 nitrogen and oxygen atoms in total. The molecule has 2 aliphatic rings. The fourth-order valence-electron chi connectivity index (χ4n) is 7.01. The average Bonchev–Trinajstić information content (AvgIpc) is 3.27. The summed E-state index contributed by atoms with van der Waals surface area (Å²) in [6.45, 7) is 9.36. The van der Waals surface area contributed by atoms with Crippen molar-refractivity contribution in [2.75, 3.05) is 4.90 Å². The van der Waals surface area contributed by atoms with Crippen LogP contribution in [0, 0.1) is 0 Å². The zero-order valence-corrected chi connectivity index (χ0v) is 24.8. The lowest BCUT2D eigenvalue weighted by Crippen LogP contribution is -2.32. The summed E-state index contributed by atoms with van der Waals surface area (Å²) in [6, 6.07) is 42.7. The van der Waals surface area contributed by atoms with Crippen molar-refractivity contribution in [3.63, 3.8) is 0 Å². The molecule has 1 aliphatic heterocycles. The lowest BCUT2D eigenvalue weighted by Gasteiger charge is -2.42. The average molecular weight is 557 g/mol. The van der Waals surface area contributed by atoms with Crippen LogP contribution in [0.1, 0.15) is 49.9 Å². The number of benzene rings is 5. The summed E-state index contributed by atoms with van der Waals surface area (Å²) < 4.78 is 0. The third-order valence-corrected chi connectivity index (χ3v) is 9.32. The van der Waals surface area contributed by atoms with Crippen LogP contribution in [0.25, 0.3) is 33.9 Å². The van der Waals surface area contributed by atoms with Crippen LogP contribution in [0.4, 0.5) is 17.3 Å². The first-order chi connectivity index (χ1) is 20.8. The number of hydrogen-bond donors (Lipinski definition) is 0. The topological polar surface area (TPSA) is 41.9 Å². The smallest absolute Gasteiger partial charge is 0.238 e. The van der Waals surface area contributed by atoms with E-state index in [1.165, 1.54) is 33.4 Å². The quantitative estimate of drug-likeness (QED) is 0.218. The lowest BCUT2D eigenvalue weighted by molar-refractivity contribution is 0.619. The highest BCUT2D eigenvalue weighted by molar-refractivity contribution is 5.91. The molecule has 6 aromatic rings. The predicted molar refractivity (Wildman–Crippen MR) is 175 cm³/mol. The molecule has 4 heteroatoms. The van der Waals surface area contributed by atoms with E-state index in [9.17, 15) is 0 Å². The molecular weight excluding hydrogens is 524 g/mol. The summed E-state index contributed by atoms with van der Waals surface area (Å²) in [5, 5.41) is 0. The van der Waals surface area contributed by atoms with Gasteiger partial charge in [0, 0.05) is 22.0 Å². The van der Waals surface area contributed by atoms with Gasteiger partial charge in [0.2, 0.25) is 5.95 Å². The van der Waals surface area contributed by atoms with Gasteiger partial charge < -0.3 is 0 Å². The summed E-state index contributed by atoms with van der Waals surface area (Å²) in [5.74, 6) is 1.92. The van der Waals surface area contributed by atoms with Crippen molar-refractivity contribution in [1.29, 1.82) is 0 Å². The SMILES string of the molecule is CC1(C)c2ccccc2-c2cc3c(cc21)C(C)(C)c1ccccc1N3c1nc(-c2ccccc2)nc(-c2ccccc2)n1. The highest BCUT2D eigenvalue weighted by atomic mass is 15.3. The molecular formula is C39H32N4. The number of rotatable bonds is 3. The minimum atomic E-state index is -0.222. The van der Waals surface area contributed by atoms with Gasteiger partial charge in [-0.25, -0.2) is 4.98 Å². The largest absolute Gasteiger partial charge is 0.278 e. The van der Waals surface area contributed by atoms with E-state index in [1.54, 1.807) is 0 Å². The monoisotopic (exact) mass is 556 g/mol. The second kappa shape index (κ2) is 9.20. The van der Waals surface area contributed by atoms with Crippen LogP contribution in [0.3, 0.4) is 0 Å². The zero-order chi connectivity index (χ0) is 29.3. The van der Waals surface area contributed by atoms with Crippen LogP contribution in [0.2, 0.25) is 0 Å². The minimum absolute atomic E-state index is 0.0903. The van der Waals surface area contributed by atoms with E-state index in [1.807, 2.05) is 36.4 Å². The Labute approximate surface area is 252 Å². The summed E-state index contributed by atoms with van der Waals surface area (Å²) in [5.41, 5.74) is 11.6. The van der Waals surface area contributed by atoms with Crippen LogP contribution in [0.5, 0.6) is 0 Å². The van der Waals surface area contributed by atoms with Crippen molar-refractivity contribution in [3.8, 4) is 33.9 Å².